The quantitative estimate of drug-likeness (QED) is 0.915. The van der Waals surface area contributed by atoms with E-state index < -0.39 is 11.9 Å². The van der Waals surface area contributed by atoms with Crippen LogP contribution in [-0.2, 0) is 9.47 Å². The van der Waals surface area contributed by atoms with Gasteiger partial charge in [0.25, 0.3) is 0 Å². The standard InChI is InChI=1S/C15H14ClFN2O3/c1-8-4-9-5-12(18-6-11(9)13(16)14(8)17)19-15(20)22-10-2-3-21-7-10/h4-6,10H,2-3,7H2,1H3,(H,18,19,20). The van der Waals surface area contributed by atoms with Crippen LogP contribution in [0.5, 0.6) is 0 Å². The van der Waals surface area contributed by atoms with Crippen molar-refractivity contribution in [2.45, 2.75) is 19.4 Å². The molecule has 1 unspecified atom stereocenters. The third kappa shape index (κ3) is 2.98. The fraction of sp³-hybridized carbons (Fsp3) is 0.333. The van der Waals surface area contributed by atoms with Crippen LogP contribution >= 0.6 is 11.6 Å². The molecule has 1 fully saturated rings. The number of halogens is 2. The van der Waals surface area contributed by atoms with Crippen LogP contribution in [-0.4, -0.2) is 30.4 Å². The van der Waals surface area contributed by atoms with Gasteiger partial charge in [-0.15, -0.1) is 0 Å². The number of anilines is 1. The Kier molecular flexibility index (Phi) is 4.13. The van der Waals surface area contributed by atoms with E-state index in [2.05, 4.69) is 10.3 Å². The molecular weight excluding hydrogens is 311 g/mol. The highest BCUT2D eigenvalue weighted by molar-refractivity contribution is 6.35. The second-order valence-electron chi connectivity index (χ2n) is 5.13. The van der Waals surface area contributed by atoms with Crippen molar-refractivity contribution in [3.63, 3.8) is 0 Å². The first kappa shape index (κ1) is 15.0. The maximum absolute atomic E-state index is 13.7. The highest BCUT2D eigenvalue weighted by Gasteiger charge is 2.20. The first-order chi connectivity index (χ1) is 10.5. The minimum atomic E-state index is -0.590. The molecule has 0 saturated carbocycles. The first-order valence-electron chi connectivity index (χ1n) is 6.84. The zero-order valence-corrected chi connectivity index (χ0v) is 12.6. The second-order valence-corrected chi connectivity index (χ2v) is 5.51. The van der Waals surface area contributed by atoms with Crippen LogP contribution in [0.2, 0.25) is 5.02 Å². The maximum Gasteiger partial charge on any atom is 0.413 e. The van der Waals surface area contributed by atoms with Crippen LogP contribution < -0.4 is 5.32 Å². The molecular formula is C15H14ClFN2O3. The summed E-state index contributed by atoms with van der Waals surface area (Å²) in [4.78, 5) is 15.8. The van der Waals surface area contributed by atoms with Gasteiger partial charge in [0.15, 0.2) is 0 Å². The monoisotopic (exact) mass is 324 g/mol. The third-order valence-corrected chi connectivity index (χ3v) is 3.84. The molecule has 1 aliphatic rings. The lowest BCUT2D eigenvalue weighted by Crippen LogP contribution is -2.22. The van der Waals surface area contributed by atoms with Gasteiger partial charge >= 0.3 is 6.09 Å². The van der Waals surface area contributed by atoms with E-state index in [0.29, 0.717) is 41.8 Å². The van der Waals surface area contributed by atoms with Gasteiger partial charge in [0, 0.05) is 18.0 Å². The lowest BCUT2D eigenvalue weighted by atomic mass is 10.1. The Labute approximate surface area is 131 Å². The van der Waals surface area contributed by atoms with Crippen molar-refractivity contribution in [3.8, 4) is 0 Å². The topological polar surface area (TPSA) is 60.5 Å². The number of amides is 1. The summed E-state index contributed by atoms with van der Waals surface area (Å²) in [6.45, 7) is 2.63. The second kappa shape index (κ2) is 6.06. The predicted octanol–water partition coefficient (Wildman–Crippen LogP) is 3.67. The van der Waals surface area contributed by atoms with Crippen LogP contribution in [0.15, 0.2) is 18.3 Å². The highest BCUT2D eigenvalue weighted by Crippen LogP contribution is 2.29. The molecule has 116 valence electrons. The van der Waals surface area contributed by atoms with E-state index in [1.165, 1.54) is 6.20 Å². The fourth-order valence-electron chi connectivity index (χ4n) is 2.32. The lowest BCUT2D eigenvalue weighted by molar-refractivity contribution is 0.0931. The van der Waals surface area contributed by atoms with Gasteiger partial charge in [0.2, 0.25) is 0 Å². The molecule has 1 amide bonds. The third-order valence-electron chi connectivity index (χ3n) is 3.48. The number of aromatic nitrogens is 1. The molecule has 1 atom stereocenters. The molecule has 22 heavy (non-hydrogen) atoms. The van der Waals surface area contributed by atoms with Crippen LogP contribution in [0.3, 0.4) is 0 Å². The summed E-state index contributed by atoms with van der Waals surface area (Å²) < 4.78 is 24.1. The van der Waals surface area contributed by atoms with Gasteiger partial charge in [0.1, 0.15) is 17.7 Å². The SMILES string of the molecule is Cc1cc2cc(NC(=O)OC3CCOC3)ncc2c(Cl)c1F. The average Bonchev–Trinajstić information content (AvgIpc) is 2.97. The smallest absolute Gasteiger partial charge is 0.413 e. The van der Waals surface area contributed by atoms with E-state index >= 15 is 0 Å². The van der Waals surface area contributed by atoms with E-state index in [9.17, 15) is 9.18 Å². The van der Waals surface area contributed by atoms with Gasteiger partial charge in [0.05, 0.1) is 18.2 Å². The summed E-state index contributed by atoms with van der Waals surface area (Å²) in [6.07, 6.45) is 1.29. The normalized spacial score (nSPS) is 17.7. The number of benzene rings is 1. The minimum absolute atomic E-state index is 0.0275. The van der Waals surface area contributed by atoms with Gasteiger partial charge in [-0.05, 0) is 30.0 Å². The number of fused-ring (bicyclic) bond motifs is 1. The highest BCUT2D eigenvalue weighted by atomic mass is 35.5. The van der Waals surface area contributed by atoms with E-state index in [4.69, 9.17) is 21.1 Å². The van der Waals surface area contributed by atoms with E-state index in [0.717, 1.165) is 0 Å². The van der Waals surface area contributed by atoms with Gasteiger partial charge in [-0.2, -0.15) is 0 Å². The number of pyridine rings is 1. The molecule has 5 nitrogen and oxygen atoms in total. The number of aryl methyl sites for hydroxylation is 1. The number of nitrogens with zero attached hydrogens (tertiary/aromatic N) is 1. The zero-order chi connectivity index (χ0) is 15.7. The number of ether oxygens (including phenoxy) is 2. The van der Waals surface area contributed by atoms with Crippen LogP contribution in [0.1, 0.15) is 12.0 Å². The minimum Gasteiger partial charge on any atom is -0.443 e. The summed E-state index contributed by atoms with van der Waals surface area (Å²) in [7, 11) is 0. The van der Waals surface area contributed by atoms with Crippen molar-refractivity contribution in [2.75, 3.05) is 18.5 Å². The van der Waals surface area contributed by atoms with Crippen molar-refractivity contribution >= 4 is 34.3 Å². The Morgan fingerprint density at radius 3 is 3.09 bits per heavy atom. The van der Waals surface area contributed by atoms with Crippen molar-refractivity contribution in [2.24, 2.45) is 0 Å². The van der Waals surface area contributed by atoms with Gasteiger partial charge in [-0.1, -0.05) is 11.6 Å². The molecule has 1 aromatic heterocycles. The van der Waals surface area contributed by atoms with Gasteiger partial charge < -0.3 is 9.47 Å². The van der Waals surface area contributed by atoms with Gasteiger partial charge in [-0.3, -0.25) is 5.32 Å². The molecule has 0 radical (unpaired) electrons. The number of carbonyl (C=O) groups is 1. The Balaban J connectivity index is 1.79. The van der Waals surface area contributed by atoms with Crippen molar-refractivity contribution in [1.29, 1.82) is 0 Å². The van der Waals surface area contributed by atoms with E-state index in [1.807, 2.05) is 0 Å². The molecule has 7 heteroatoms. The molecule has 1 saturated heterocycles. The Bertz CT molecular complexity index is 732. The molecule has 1 aliphatic heterocycles. The molecule has 0 bridgehead atoms. The summed E-state index contributed by atoms with van der Waals surface area (Å²) in [6, 6.07) is 3.28. The average molecular weight is 325 g/mol. The van der Waals surface area contributed by atoms with Crippen molar-refractivity contribution in [3.05, 3.63) is 34.7 Å². The molecule has 2 aromatic rings. The van der Waals surface area contributed by atoms with Crippen LogP contribution in [0.4, 0.5) is 15.0 Å². The maximum atomic E-state index is 13.7. The number of hydrogen-bond acceptors (Lipinski definition) is 4. The van der Waals surface area contributed by atoms with Crippen LogP contribution in [0.25, 0.3) is 10.8 Å². The summed E-state index contributed by atoms with van der Waals surface area (Å²) in [5.74, 6) is -0.143. The molecule has 1 N–H and O–H groups in total. The molecule has 2 heterocycles. The molecule has 1 aromatic carbocycles. The number of hydrogen-bond donors (Lipinski definition) is 1. The van der Waals surface area contributed by atoms with Gasteiger partial charge in [-0.25, -0.2) is 14.2 Å². The number of nitrogens with one attached hydrogen (secondary N) is 1. The summed E-state index contributed by atoms with van der Waals surface area (Å²) in [5, 5.41) is 3.76. The van der Waals surface area contributed by atoms with Crippen LogP contribution in [0, 0.1) is 12.7 Å². The van der Waals surface area contributed by atoms with E-state index in [-0.39, 0.29) is 11.1 Å². The Hall–Kier alpha value is -1.92. The molecule has 3 rings (SSSR count). The largest absolute Gasteiger partial charge is 0.443 e. The number of rotatable bonds is 2. The zero-order valence-electron chi connectivity index (χ0n) is 11.9. The first-order valence-corrected chi connectivity index (χ1v) is 7.22. The van der Waals surface area contributed by atoms with Crippen molar-refractivity contribution in [1.82, 2.24) is 4.98 Å². The van der Waals surface area contributed by atoms with E-state index in [1.54, 1.807) is 19.1 Å². The Morgan fingerprint density at radius 2 is 2.36 bits per heavy atom. The Morgan fingerprint density at radius 1 is 1.55 bits per heavy atom. The van der Waals surface area contributed by atoms with Crippen molar-refractivity contribution < 1.29 is 18.7 Å². The lowest BCUT2D eigenvalue weighted by Gasteiger charge is -2.11. The predicted molar refractivity (Wildman–Crippen MR) is 80.8 cm³/mol. The number of carbonyl (C=O) groups excluding carboxylic acids is 1. The summed E-state index contributed by atoms with van der Waals surface area (Å²) in [5.41, 5.74) is 0.431. The fourth-order valence-corrected chi connectivity index (χ4v) is 2.63. The molecule has 0 aliphatic carbocycles. The molecule has 0 spiro atoms. The summed E-state index contributed by atoms with van der Waals surface area (Å²) >= 11 is 5.96.